The van der Waals surface area contributed by atoms with E-state index in [1.807, 2.05) is 13.8 Å². The number of rotatable bonds is 3. The van der Waals surface area contributed by atoms with Gasteiger partial charge in [-0.3, -0.25) is 4.79 Å². The smallest absolute Gasteiger partial charge is 0.373 e. The first kappa shape index (κ1) is 13.5. The topological polar surface area (TPSA) is 63.6 Å². The van der Waals surface area contributed by atoms with E-state index >= 15 is 0 Å². The molecule has 0 atom stereocenters. The van der Waals surface area contributed by atoms with Gasteiger partial charge in [0, 0.05) is 6.42 Å². The average molecular weight is 238 g/mol. The summed E-state index contributed by atoms with van der Waals surface area (Å²) in [5.74, 6) is -1.20. The molecule has 4 nitrogen and oxygen atoms in total. The van der Waals surface area contributed by atoms with E-state index in [1.165, 1.54) is 12.2 Å². The summed E-state index contributed by atoms with van der Waals surface area (Å²) >= 11 is 0. The first-order chi connectivity index (χ1) is 7.84. The van der Waals surface area contributed by atoms with Gasteiger partial charge in [-0.2, -0.15) is 0 Å². The number of ketones is 1. The molecule has 0 amide bonds. The summed E-state index contributed by atoms with van der Waals surface area (Å²) in [4.78, 5) is 22.7. The molecule has 0 aromatic heterocycles. The fraction of sp³-hybridized carbons (Fsp3) is 0.538. The van der Waals surface area contributed by atoms with Crippen LogP contribution >= 0.6 is 0 Å². The maximum Gasteiger partial charge on any atom is 0.373 e. The molecule has 0 aliphatic heterocycles. The lowest BCUT2D eigenvalue weighted by Crippen LogP contribution is -2.21. The molecule has 4 heteroatoms. The van der Waals surface area contributed by atoms with Gasteiger partial charge in [0.15, 0.2) is 5.78 Å². The number of aliphatic hydroxyl groups is 1. The highest BCUT2D eigenvalue weighted by molar-refractivity contribution is 5.93. The fourth-order valence-corrected chi connectivity index (χ4v) is 1.93. The predicted octanol–water partition coefficient (Wildman–Crippen LogP) is 2.31. The lowest BCUT2D eigenvalue weighted by molar-refractivity contribution is -0.141. The lowest BCUT2D eigenvalue weighted by Gasteiger charge is -2.27. The Morgan fingerprint density at radius 1 is 1.53 bits per heavy atom. The Balaban J connectivity index is 2.83. The first-order valence-electron chi connectivity index (χ1n) is 5.65. The Morgan fingerprint density at radius 2 is 2.18 bits per heavy atom. The van der Waals surface area contributed by atoms with Crippen LogP contribution in [-0.2, 0) is 14.3 Å². The third-order valence-electron chi connectivity index (χ3n) is 2.49. The third-order valence-corrected chi connectivity index (χ3v) is 2.49. The minimum absolute atomic E-state index is 0.0177. The minimum atomic E-state index is -0.760. The van der Waals surface area contributed by atoms with Crippen molar-refractivity contribution in [2.75, 3.05) is 6.61 Å². The Morgan fingerprint density at radius 3 is 2.71 bits per heavy atom. The second-order valence-electron chi connectivity index (χ2n) is 4.95. The molecule has 1 N–H and O–H groups in total. The molecule has 0 saturated carbocycles. The summed E-state index contributed by atoms with van der Waals surface area (Å²) in [6.07, 6.45) is 3.93. The molecule has 0 fully saturated rings. The SMILES string of the molecule is CCOC(=O)C(O)=CC1=CC(=O)CC(C)(C)C1. The molecule has 94 valence electrons. The van der Waals surface area contributed by atoms with Crippen LogP contribution in [0.25, 0.3) is 0 Å². The van der Waals surface area contributed by atoms with Gasteiger partial charge in [-0.1, -0.05) is 13.8 Å². The zero-order chi connectivity index (χ0) is 13.1. The maximum absolute atomic E-state index is 11.5. The largest absolute Gasteiger partial charge is 0.502 e. The molecule has 0 bridgehead atoms. The summed E-state index contributed by atoms with van der Waals surface area (Å²) in [5.41, 5.74) is 0.531. The maximum atomic E-state index is 11.5. The average Bonchev–Trinajstić information content (AvgIpc) is 2.14. The summed E-state index contributed by atoms with van der Waals surface area (Å²) in [7, 11) is 0. The number of carbonyl (C=O) groups excluding carboxylic acids is 2. The number of allylic oxidation sites excluding steroid dienone is 3. The fourth-order valence-electron chi connectivity index (χ4n) is 1.93. The molecule has 1 aliphatic carbocycles. The molecular formula is C13H18O4. The highest BCUT2D eigenvalue weighted by atomic mass is 16.5. The van der Waals surface area contributed by atoms with Gasteiger partial charge < -0.3 is 9.84 Å². The number of hydrogen-bond acceptors (Lipinski definition) is 4. The summed E-state index contributed by atoms with van der Waals surface area (Å²) in [6, 6.07) is 0. The van der Waals surface area contributed by atoms with Gasteiger partial charge in [-0.15, -0.1) is 0 Å². The zero-order valence-electron chi connectivity index (χ0n) is 10.4. The summed E-state index contributed by atoms with van der Waals surface area (Å²) in [6.45, 7) is 5.83. The molecular weight excluding hydrogens is 220 g/mol. The van der Waals surface area contributed by atoms with Crippen LogP contribution in [0.5, 0.6) is 0 Å². The Bertz CT molecular complexity index is 388. The molecule has 1 aliphatic rings. The highest BCUT2D eigenvalue weighted by Gasteiger charge is 2.27. The number of carbonyl (C=O) groups is 2. The summed E-state index contributed by atoms with van der Waals surface area (Å²) < 4.78 is 4.65. The van der Waals surface area contributed by atoms with E-state index in [2.05, 4.69) is 4.74 Å². The van der Waals surface area contributed by atoms with E-state index < -0.39 is 11.7 Å². The standard InChI is InChI=1S/C13H18O4/c1-4-17-12(16)11(15)6-9-5-10(14)8-13(2,3)7-9/h5-6,15H,4,7-8H2,1-3H3. The van der Waals surface area contributed by atoms with Gasteiger partial charge in [-0.05, 0) is 36.5 Å². The quantitative estimate of drug-likeness (QED) is 0.465. The van der Waals surface area contributed by atoms with E-state index in [1.54, 1.807) is 6.92 Å². The van der Waals surface area contributed by atoms with Crippen LogP contribution in [0.2, 0.25) is 0 Å². The van der Waals surface area contributed by atoms with Gasteiger partial charge in [0.25, 0.3) is 0 Å². The van der Waals surface area contributed by atoms with Crippen molar-refractivity contribution in [1.29, 1.82) is 0 Å². The first-order valence-corrected chi connectivity index (χ1v) is 5.65. The molecule has 0 saturated heterocycles. The Labute approximate surface area is 101 Å². The van der Waals surface area contributed by atoms with Gasteiger partial charge in [0.05, 0.1) is 6.61 Å². The van der Waals surface area contributed by atoms with Crippen LogP contribution in [0.1, 0.15) is 33.6 Å². The molecule has 0 spiro atoms. The minimum Gasteiger partial charge on any atom is -0.502 e. The van der Waals surface area contributed by atoms with Crippen LogP contribution in [0.15, 0.2) is 23.5 Å². The Hall–Kier alpha value is -1.58. The van der Waals surface area contributed by atoms with Crippen molar-refractivity contribution in [3.05, 3.63) is 23.5 Å². The van der Waals surface area contributed by atoms with Crippen molar-refractivity contribution in [3.63, 3.8) is 0 Å². The van der Waals surface area contributed by atoms with E-state index in [4.69, 9.17) is 0 Å². The molecule has 0 aromatic rings. The van der Waals surface area contributed by atoms with Crippen molar-refractivity contribution >= 4 is 11.8 Å². The van der Waals surface area contributed by atoms with E-state index in [0.717, 1.165) is 0 Å². The van der Waals surface area contributed by atoms with E-state index in [-0.39, 0.29) is 17.8 Å². The van der Waals surface area contributed by atoms with Gasteiger partial charge in [-0.25, -0.2) is 4.79 Å². The van der Waals surface area contributed by atoms with Crippen molar-refractivity contribution < 1.29 is 19.4 Å². The third kappa shape index (κ3) is 4.06. The van der Waals surface area contributed by atoms with E-state index in [9.17, 15) is 14.7 Å². The monoisotopic (exact) mass is 238 g/mol. The van der Waals surface area contributed by atoms with Gasteiger partial charge in [0.2, 0.25) is 5.76 Å². The second kappa shape index (κ2) is 5.17. The van der Waals surface area contributed by atoms with Crippen LogP contribution < -0.4 is 0 Å². The highest BCUT2D eigenvalue weighted by Crippen LogP contribution is 2.34. The molecule has 0 heterocycles. The van der Waals surface area contributed by atoms with Crippen LogP contribution in [0, 0.1) is 5.41 Å². The molecule has 0 unspecified atom stereocenters. The van der Waals surface area contributed by atoms with Crippen molar-refractivity contribution in [1.82, 2.24) is 0 Å². The normalized spacial score (nSPS) is 19.8. The molecule has 1 rings (SSSR count). The van der Waals surface area contributed by atoms with Crippen LogP contribution in [0.3, 0.4) is 0 Å². The van der Waals surface area contributed by atoms with Crippen molar-refractivity contribution in [2.45, 2.75) is 33.6 Å². The van der Waals surface area contributed by atoms with Gasteiger partial charge >= 0.3 is 5.97 Å². The van der Waals surface area contributed by atoms with Gasteiger partial charge in [0.1, 0.15) is 0 Å². The van der Waals surface area contributed by atoms with Crippen molar-refractivity contribution in [3.8, 4) is 0 Å². The van der Waals surface area contributed by atoms with Crippen LogP contribution in [0.4, 0.5) is 0 Å². The van der Waals surface area contributed by atoms with E-state index in [0.29, 0.717) is 18.4 Å². The zero-order valence-corrected chi connectivity index (χ0v) is 10.4. The molecule has 0 radical (unpaired) electrons. The lowest BCUT2D eigenvalue weighted by atomic mass is 9.77. The van der Waals surface area contributed by atoms with Crippen LogP contribution in [-0.4, -0.2) is 23.5 Å². The number of hydrogen-bond donors (Lipinski definition) is 1. The summed E-state index contributed by atoms with van der Waals surface area (Å²) in [5, 5.41) is 9.49. The number of esters is 1. The Kier molecular flexibility index (Phi) is 4.10. The number of aliphatic hydroxyl groups excluding tert-OH is 1. The number of ether oxygens (including phenoxy) is 1. The predicted molar refractivity (Wildman–Crippen MR) is 63.4 cm³/mol. The second-order valence-corrected chi connectivity index (χ2v) is 4.95. The molecule has 0 aromatic carbocycles. The molecule has 17 heavy (non-hydrogen) atoms. The van der Waals surface area contributed by atoms with Crippen molar-refractivity contribution in [2.24, 2.45) is 5.41 Å².